The summed E-state index contributed by atoms with van der Waals surface area (Å²) in [5.41, 5.74) is 6.55. The number of furan rings is 1. The van der Waals surface area contributed by atoms with Gasteiger partial charge < -0.3 is 14.9 Å². The van der Waals surface area contributed by atoms with Crippen LogP contribution < -0.4 is 5.73 Å². The van der Waals surface area contributed by atoms with Gasteiger partial charge in [0.2, 0.25) is 5.95 Å². The van der Waals surface area contributed by atoms with E-state index in [2.05, 4.69) is 9.97 Å². The molecule has 126 valence electrons. The molecule has 25 heavy (non-hydrogen) atoms. The Balaban J connectivity index is 1.77. The normalized spacial score (nSPS) is 15.9. The van der Waals surface area contributed by atoms with E-state index < -0.39 is 23.7 Å². The van der Waals surface area contributed by atoms with Gasteiger partial charge in [-0.25, -0.2) is 23.5 Å². The fraction of sp³-hybridized carbons (Fsp3) is 0.118. The highest BCUT2D eigenvalue weighted by molar-refractivity contribution is 5.99. The molecule has 2 N–H and O–H groups in total. The minimum Gasteiger partial charge on any atom is -0.463 e. The Kier molecular flexibility index (Phi) is 3.45. The molecule has 8 heteroatoms. The highest BCUT2D eigenvalue weighted by atomic mass is 19.1. The highest BCUT2D eigenvalue weighted by Gasteiger charge is 2.37. The Morgan fingerprint density at radius 1 is 1.20 bits per heavy atom. The summed E-state index contributed by atoms with van der Waals surface area (Å²) < 4.78 is 37.6. The molecule has 4 rings (SSSR count). The molecule has 0 saturated heterocycles. The summed E-state index contributed by atoms with van der Waals surface area (Å²) in [6.45, 7) is 0. The molecule has 1 atom stereocenters. The van der Waals surface area contributed by atoms with Gasteiger partial charge in [0.25, 0.3) is 0 Å². The lowest BCUT2D eigenvalue weighted by atomic mass is 10.0. The summed E-state index contributed by atoms with van der Waals surface area (Å²) in [7, 11) is 0. The van der Waals surface area contributed by atoms with Crippen LogP contribution in [0.4, 0.5) is 14.7 Å². The molecule has 1 aromatic carbocycles. The Morgan fingerprint density at radius 3 is 2.76 bits per heavy atom. The number of carbonyl (C=O) groups is 1. The molecule has 0 saturated carbocycles. The number of aromatic nitrogens is 2. The van der Waals surface area contributed by atoms with E-state index in [0.29, 0.717) is 5.76 Å². The second-order valence-corrected chi connectivity index (χ2v) is 5.50. The Labute approximate surface area is 140 Å². The fourth-order valence-corrected chi connectivity index (χ4v) is 2.79. The maximum atomic E-state index is 13.9. The third-order valence-corrected chi connectivity index (χ3v) is 3.89. The fourth-order valence-electron chi connectivity index (χ4n) is 2.79. The van der Waals surface area contributed by atoms with Gasteiger partial charge >= 0.3 is 5.97 Å². The van der Waals surface area contributed by atoms with E-state index in [9.17, 15) is 13.6 Å². The first kappa shape index (κ1) is 15.3. The number of anilines is 1. The van der Waals surface area contributed by atoms with Crippen LogP contribution in [-0.2, 0) is 11.2 Å². The van der Waals surface area contributed by atoms with Crippen LogP contribution in [0.15, 0.2) is 41.0 Å². The monoisotopic (exact) mass is 343 g/mol. The van der Waals surface area contributed by atoms with Gasteiger partial charge in [-0.1, -0.05) is 6.07 Å². The summed E-state index contributed by atoms with van der Waals surface area (Å²) in [5, 5.41) is 0. The van der Waals surface area contributed by atoms with E-state index in [4.69, 9.17) is 14.9 Å². The number of cyclic esters (lactones) is 1. The van der Waals surface area contributed by atoms with Gasteiger partial charge in [0.05, 0.1) is 6.26 Å². The maximum absolute atomic E-state index is 13.9. The number of nitrogens with zero attached hydrogens (tertiary/aromatic N) is 2. The Morgan fingerprint density at radius 2 is 2.04 bits per heavy atom. The molecule has 3 aromatic rings. The van der Waals surface area contributed by atoms with E-state index in [1.807, 2.05) is 0 Å². The topological polar surface area (TPSA) is 91.2 Å². The molecule has 0 bridgehead atoms. The minimum atomic E-state index is -0.846. The predicted molar refractivity (Wildman–Crippen MR) is 82.4 cm³/mol. The summed E-state index contributed by atoms with van der Waals surface area (Å²) in [6.07, 6.45) is 0.589. The number of hydrogen-bond acceptors (Lipinski definition) is 6. The van der Waals surface area contributed by atoms with Crippen LogP contribution in [0, 0.1) is 11.6 Å². The van der Waals surface area contributed by atoms with E-state index in [-0.39, 0.29) is 34.9 Å². The number of nitrogen functional groups attached to an aromatic ring is 1. The van der Waals surface area contributed by atoms with Crippen LogP contribution >= 0.6 is 0 Å². The summed E-state index contributed by atoms with van der Waals surface area (Å²) >= 11 is 0. The van der Waals surface area contributed by atoms with Gasteiger partial charge in [-0.15, -0.1) is 0 Å². The van der Waals surface area contributed by atoms with Crippen LogP contribution in [0.25, 0.3) is 11.5 Å². The van der Waals surface area contributed by atoms with Gasteiger partial charge in [-0.05, 0) is 23.8 Å². The number of esters is 1. The maximum Gasteiger partial charge on any atom is 0.343 e. The number of nitrogens with two attached hydrogens (primary N) is 1. The Hall–Kier alpha value is -3.29. The van der Waals surface area contributed by atoms with Crippen molar-refractivity contribution in [3.8, 4) is 11.5 Å². The van der Waals surface area contributed by atoms with E-state index in [1.54, 1.807) is 12.1 Å². The van der Waals surface area contributed by atoms with Crippen molar-refractivity contribution in [1.82, 2.24) is 9.97 Å². The molecule has 1 aliphatic rings. The van der Waals surface area contributed by atoms with Crippen LogP contribution in [0.5, 0.6) is 0 Å². The zero-order valence-electron chi connectivity index (χ0n) is 12.7. The first-order valence-electron chi connectivity index (χ1n) is 7.39. The number of ether oxygens (including phenoxy) is 1. The van der Waals surface area contributed by atoms with Crippen molar-refractivity contribution >= 4 is 11.9 Å². The standard InChI is InChI=1S/C17H11F2N3O3/c18-9-4-3-8(10(19)7-9)6-12-15-13(16(23)25-12)14(21-17(20)22-15)11-2-1-5-24-11/h1-5,7,12H,6H2,(H2,20,21,22). The summed E-state index contributed by atoms with van der Waals surface area (Å²) in [6, 6.07) is 6.48. The molecule has 3 heterocycles. The molecular weight excluding hydrogens is 332 g/mol. The number of benzene rings is 1. The van der Waals surface area contributed by atoms with Crippen LogP contribution in [-0.4, -0.2) is 15.9 Å². The lowest BCUT2D eigenvalue weighted by molar-refractivity contribution is 0.0381. The van der Waals surface area contributed by atoms with Crippen molar-refractivity contribution in [2.24, 2.45) is 0 Å². The first-order valence-corrected chi connectivity index (χ1v) is 7.39. The number of rotatable bonds is 3. The van der Waals surface area contributed by atoms with Gasteiger partial charge in [0.15, 0.2) is 5.76 Å². The first-order chi connectivity index (χ1) is 12.0. The van der Waals surface area contributed by atoms with Crippen molar-refractivity contribution < 1.29 is 22.7 Å². The van der Waals surface area contributed by atoms with Gasteiger partial charge in [-0.3, -0.25) is 0 Å². The average Bonchev–Trinajstić information content (AvgIpc) is 3.19. The Bertz CT molecular complexity index is 974. The zero-order valence-corrected chi connectivity index (χ0v) is 12.7. The lowest BCUT2D eigenvalue weighted by Crippen LogP contribution is -2.08. The van der Waals surface area contributed by atoms with E-state index in [1.165, 1.54) is 12.3 Å². The molecule has 6 nitrogen and oxygen atoms in total. The number of halogens is 2. The SMILES string of the molecule is Nc1nc(-c2ccco2)c2c(n1)C(Cc1ccc(F)cc1F)OC2=O. The molecule has 0 fully saturated rings. The largest absolute Gasteiger partial charge is 0.463 e. The van der Waals surface area contributed by atoms with Crippen molar-refractivity contribution in [2.75, 3.05) is 5.73 Å². The van der Waals surface area contributed by atoms with Crippen molar-refractivity contribution in [2.45, 2.75) is 12.5 Å². The van der Waals surface area contributed by atoms with Gasteiger partial charge in [0, 0.05) is 12.5 Å². The summed E-state index contributed by atoms with van der Waals surface area (Å²) in [5.74, 6) is -1.77. The average molecular weight is 343 g/mol. The molecule has 0 spiro atoms. The van der Waals surface area contributed by atoms with Crippen molar-refractivity contribution in [3.63, 3.8) is 0 Å². The molecule has 0 radical (unpaired) electrons. The predicted octanol–water partition coefficient (Wildman–Crippen LogP) is 3.05. The lowest BCUT2D eigenvalue weighted by Gasteiger charge is -2.11. The molecule has 0 aliphatic carbocycles. The van der Waals surface area contributed by atoms with Gasteiger partial charge in [-0.2, -0.15) is 0 Å². The minimum absolute atomic E-state index is 0.00109. The second-order valence-electron chi connectivity index (χ2n) is 5.50. The number of fused-ring (bicyclic) bond motifs is 1. The second kappa shape index (κ2) is 5.66. The van der Waals surface area contributed by atoms with Crippen molar-refractivity contribution in [3.05, 3.63) is 65.1 Å². The molecule has 1 aliphatic heterocycles. The van der Waals surface area contributed by atoms with Crippen LogP contribution in [0.2, 0.25) is 0 Å². The van der Waals surface area contributed by atoms with E-state index in [0.717, 1.165) is 12.1 Å². The van der Waals surface area contributed by atoms with Crippen molar-refractivity contribution in [1.29, 1.82) is 0 Å². The molecule has 1 unspecified atom stereocenters. The third-order valence-electron chi connectivity index (χ3n) is 3.89. The smallest absolute Gasteiger partial charge is 0.343 e. The molecule has 0 amide bonds. The van der Waals surface area contributed by atoms with E-state index >= 15 is 0 Å². The quantitative estimate of drug-likeness (QED) is 0.735. The van der Waals surface area contributed by atoms with Crippen LogP contribution in [0.3, 0.4) is 0 Å². The number of hydrogen-bond donors (Lipinski definition) is 1. The zero-order chi connectivity index (χ0) is 17.6. The highest BCUT2D eigenvalue weighted by Crippen LogP contribution is 2.37. The van der Waals surface area contributed by atoms with Gasteiger partial charge in [0.1, 0.15) is 34.7 Å². The summed E-state index contributed by atoms with van der Waals surface area (Å²) in [4.78, 5) is 20.4. The molecule has 2 aromatic heterocycles. The third kappa shape index (κ3) is 2.61. The molecular formula is C17H11F2N3O3. The van der Waals surface area contributed by atoms with Crippen LogP contribution in [0.1, 0.15) is 27.7 Å². The number of carbonyl (C=O) groups excluding carboxylic acids is 1.